The largest absolute Gasteiger partial charge is 0.573 e. The van der Waals surface area contributed by atoms with Crippen molar-refractivity contribution >= 4 is 62.4 Å². The van der Waals surface area contributed by atoms with Gasteiger partial charge in [-0.2, -0.15) is 0 Å². The highest BCUT2D eigenvalue weighted by molar-refractivity contribution is 8.15. The van der Waals surface area contributed by atoms with E-state index in [1.807, 2.05) is 73.9 Å². The van der Waals surface area contributed by atoms with Gasteiger partial charge in [-0.1, -0.05) is 36.0 Å². The van der Waals surface area contributed by atoms with Crippen LogP contribution in [-0.4, -0.2) is 39.1 Å². The topological polar surface area (TPSA) is 72.1 Å². The first kappa shape index (κ1) is 27.5. The molecule has 1 aliphatic rings. The summed E-state index contributed by atoms with van der Waals surface area (Å²) in [5.41, 5.74) is 5.80. The van der Waals surface area contributed by atoms with E-state index in [4.69, 9.17) is 4.98 Å². The Morgan fingerprint density at radius 2 is 1.71 bits per heavy atom. The second kappa shape index (κ2) is 10.6. The maximum absolute atomic E-state index is 12.7. The van der Waals surface area contributed by atoms with E-state index in [-0.39, 0.29) is 11.7 Å². The van der Waals surface area contributed by atoms with Crippen LogP contribution in [-0.2, 0) is 4.79 Å². The molecular formula is C31H24F3N5O2S. The molecule has 0 aliphatic carbocycles. The first-order valence-electron chi connectivity index (χ1n) is 13.0. The van der Waals surface area contributed by atoms with E-state index in [0.29, 0.717) is 28.1 Å². The van der Waals surface area contributed by atoms with Crippen LogP contribution in [0.25, 0.3) is 27.5 Å². The molecule has 5 aromatic rings. The Bertz CT molecular complexity index is 1890. The van der Waals surface area contributed by atoms with Crippen molar-refractivity contribution in [2.75, 3.05) is 10.7 Å². The number of aliphatic imine (C=N–C) groups is 2. The predicted molar refractivity (Wildman–Crippen MR) is 161 cm³/mol. The summed E-state index contributed by atoms with van der Waals surface area (Å²) in [5.74, 6) is 0.717. The summed E-state index contributed by atoms with van der Waals surface area (Å²) in [6, 6.07) is 21.2. The third-order valence-electron chi connectivity index (χ3n) is 6.92. The second-order valence-corrected chi connectivity index (χ2v) is 10.7. The number of para-hydroxylation sites is 1. The van der Waals surface area contributed by atoms with Gasteiger partial charge in [-0.05, 0) is 85.8 Å². The van der Waals surface area contributed by atoms with Crippen LogP contribution < -0.4 is 9.64 Å². The van der Waals surface area contributed by atoms with Crippen molar-refractivity contribution in [2.24, 2.45) is 9.98 Å². The number of fused-ring (bicyclic) bond motifs is 3. The molecular weight excluding hydrogens is 563 g/mol. The van der Waals surface area contributed by atoms with E-state index < -0.39 is 6.36 Å². The van der Waals surface area contributed by atoms with Gasteiger partial charge in [-0.15, -0.1) is 13.2 Å². The van der Waals surface area contributed by atoms with E-state index in [1.165, 1.54) is 30.2 Å². The molecule has 1 fully saturated rings. The van der Waals surface area contributed by atoms with E-state index in [0.717, 1.165) is 38.6 Å². The number of aromatic nitrogens is 2. The van der Waals surface area contributed by atoms with Crippen molar-refractivity contribution in [3.05, 3.63) is 89.7 Å². The fourth-order valence-corrected chi connectivity index (χ4v) is 5.98. The third kappa shape index (κ3) is 5.23. The number of rotatable bonds is 5. The van der Waals surface area contributed by atoms with Gasteiger partial charge in [0.25, 0.3) is 0 Å². The fourth-order valence-electron chi connectivity index (χ4n) is 5.16. The van der Waals surface area contributed by atoms with Crippen LogP contribution >= 0.6 is 11.8 Å². The SMILES string of the molecule is Cc1cccc(C)c1N1C(=O)CSC1=NC=Nc1ccc2c(ccc3c2nc(C)n3-c2ccc(OC(F)(F)F)cc2)c1. The minimum Gasteiger partial charge on any atom is -0.406 e. The average Bonchev–Trinajstić information content (AvgIpc) is 3.47. The molecule has 4 aromatic carbocycles. The van der Waals surface area contributed by atoms with Crippen molar-refractivity contribution in [1.29, 1.82) is 0 Å². The molecule has 0 unspecified atom stereocenters. The molecule has 1 amide bonds. The molecule has 42 heavy (non-hydrogen) atoms. The van der Waals surface area contributed by atoms with E-state index in [1.54, 1.807) is 17.0 Å². The van der Waals surface area contributed by atoms with Gasteiger partial charge in [-0.25, -0.2) is 15.0 Å². The van der Waals surface area contributed by atoms with Gasteiger partial charge in [0.2, 0.25) is 5.91 Å². The first-order valence-corrected chi connectivity index (χ1v) is 14.0. The molecule has 0 bridgehead atoms. The highest BCUT2D eigenvalue weighted by atomic mass is 32.2. The quantitative estimate of drug-likeness (QED) is 0.155. The molecule has 6 rings (SSSR count). The average molecular weight is 588 g/mol. The Balaban J connectivity index is 1.28. The lowest BCUT2D eigenvalue weighted by Gasteiger charge is -2.20. The van der Waals surface area contributed by atoms with Gasteiger partial charge in [-0.3, -0.25) is 14.3 Å². The highest BCUT2D eigenvalue weighted by Gasteiger charge is 2.32. The van der Waals surface area contributed by atoms with Crippen LogP contribution in [0.15, 0.2) is 82.8 Å². The Labute approximate surface area is 243 Å². The standard InChI is InChI=1S/C31H24F3N5O2S/c1-18-5-4-6-19(2)29(18)39-27(40)16-42-30(39)36-17-35-22-8-13-25-21(15-22)7-14-26-28(25)37-20(3)38(26)23-9-11-24(12-10-23)41-31(32,33)34/h4-15,17H,16H2,1-3H3. The van der Waals surface area contributed by atoms with Gasteiger partial charge in [0, 0.05) is 11.1 Å². The zero-order chi connectivity index (χ0) is 29.6. The number of carbonyl (C=O) groups is 1. The van der Waals surface area contributed by atoms with Gasteiger partial charge in [0.05, 0.1) is 28.2 Å². The Kier molecular flexibility index (Phi) is 6.97. The molecule has 11 heteroatoms. The van der Waals surface area contributed by atoms with Crippen LogP contribution in [0.2, 0.25) is 0 Å². The fraction of sp³-hybridized carbons (Fsp3) is 0.161. The van der Waals surface area contributed by atoms with Crippen LogP contribution in [0.1, 0.15) is 17.0 Å². The van der Waals surface area contributed by atoms with Gasteiger partial charge < -0.3 is 4.74 Å². The lowest BCUT2D eigenvalue weighted by molar-refractivity contribution is -0.274. The van der Waals surface area contributed by atoms with Crippen LogP contribution in [0.4, 0.5) is 24.5 Å². The molecule has 2 heterocycles. The molecule has 1 aliphatic heterocycles. The number of ether oxygens (including phenoxy) is 1. The molecule has 0 spiro atoms. The van der Waals surface area contributed by atoms with Crippen molar-refractivity contribution in [3.63, 3.8) is 0 Å². The molecule has 7 nitrogen and oxygen atoms in total. The second-order valence-electron chi connectivity index (χ2n) is 9.79. The number of amides is 1. The van der Waals surface area contributed by atoms with E-state index >= 15 is 0 Å². The molecule has 0 radical (unpaired) electrons. The predicted octanol–water partition coefficient (Wildman–Crippen LogP) is 7.80. The van der Waals surface area contributed by atoms with Crippen LogP contribution in [0, 0.1) is 20.8 Å². The smallest absolute Gasteiger partial charge is 0.406 e. The number of nitrogens with zero attached hydrogens (tertiary/aromatic N) is 5. The zero-order valence-corrected chi connectivity index (χ0v) is 23.6. The number of hydrogen-bond donors (Lipinski definition) is 0. The monoisotopic (exact) mass is 587 g/mol. The van der Waals surface area contributed by atoms with Gasteiger partial charge in [0.15, 0.2) is 5.17 Å². The number of amidine groups is 1. The zero-order valence-electron chi connectivity index (χ0n) is 22.8. The van der Waals surface area contributed by atoms with Crippen LogP contribution in [0.5, 0.6) is 5.75 Å². The summed E-state index contributed by atoms with van der Waals surface area (Å²) in [5, 5.41) is 2.42. The number of hydrogen-bond acceptors (Lipinski definition) is 5. The lowest BCUT2D eigenvalue weighted by atomic mass is 10.1. The summed E-state index contributed by atoms with van der Waals surface area (Å²) in [7, 11) is 0. The minimum absolute atomic E-state index is 0.0143. The minimum atomic E-state index is -4.75. The number of carbonyl (C=O) groups excluding carboxylic acids is 1. The third-order valence-corrected chi connectivity index (χ3v) is 7.86. The molecule has 0 N–H and O–H groups in total. The highest BCUT2D eigenvalue weighted by Crippen LogP contribution is 2.33. The van der Waals surface area contributed by atoms with E-state index in [9.17, 15) is 18.0 Å². The normalized spacial score (nSPS) is 15.1. The summed E-state index contributed by atoms with van der Waals surface area (Å²) in [6.45, 7) is 5.80. The Hall–Kier alpha value is -4.64. The maximum Gasteiger partial charge on any atom is 0.573 e. The van der Waals surface area contributed by atoms with Crippen molar-refractivity contribution in [1.82, 2.24) is 9.55 Å². The Morgan fingerprint density at radius 1 is 0.976 bits per heavy atom. The number of imidazole rings is 1. The summed E-state index contributed by atoms with van der Waals surface area (Å²) >= 11 is 1.38. The van der Waals surface area contributed by atoms with Crippen molar-refractivity contribution < 1.29 is 22.7 Å². The van der Waals surface area contributed by atoms with E-state index in [2.05, 4.69) is 14.7 Å². The summed E-state index contributed by atoms with van der Waals surface area (Å²) in [6.07, 6.45) is -3.28. The molecule has 0 atom stereocenters. The number of thioether (sulfide) groups is 1. The van der Waals surface area contributed by atoms with Gasteiger partial charge in [0.1, 0.15) is 17.9 Å². The molecule has 0 saturated carbocycles. The lowest BCUT2D eigenvalue weighted by Crippen LogP contribution is -2.30. The van der Waals surface area contributed by atoms with Crippen LogP contribution in [0.3, 0.4) is 0 Å². The van der Waals surface area contributed by atoms with Crippen molar-refractivity contribution in [3.8, 4) is 11.4 Å². The molecule has 1 aromatic heterocycles. The number of alkyl halides is 3. The molecule has 1 saturated heterocycles. The van der Waals surface area contributed by atoms with Gasteiger partial charge >= 0.3 is 6.36 Å². The molecule has 212 valence electrons. The number of halogens is 3. The summed E-state index contributed by atoms with van der Waals surface area (Å²) in [4.78, 5) is 28.1. The number of aryl methyl sites for hydroxylation is 3. The van der Waals surface area contributed by atoms with Crippen molar-refractivity contribution in [2.45, 2.75) is 27.1 Å². The first-order chi connectivity index (χ1) is 20.1. The maximum atomic E-state index is 12.7. The Morgan fingerprint density at radius 3 is 2.43 bits per heavy atom. The number of anilines is 1. The number of benzene rings is 4. The summed E-state index contributed by atoms with van der Waals surface area (Å²) < 4.78 is 43.5.